The van der Waals surface area contributed by atoms with E-state index in [4.69, 9.17) is 0 Å². The first-order chi connectivity index (χ1) is 7.55. The van der Waals surface area contributed by atoms with Gasteiger partial charge in [0.25, 0.3) is 0 Å². The van der Waals surface area contributed by atoms with Crippen molar-refractivity contribution in [3.05, 3.63) is 29.3 Å². The second kappa shape index (κ2) is 4.12. The SMILES string of the molecule is CN(C)c1cc[c]c(C(F)(F)F)c1C(F)(F)F. The van der Waals surface area contributed by atoms with Crippen LogP contribution in [0.15, 0.2) is 12.1 Å². The zero-order valence-corrected chi connectivity index (χ0v) is 8.87. The van der Waals surface area contributed by atoms with E-state index in [2.05, 4.69) is 0 Å². The van der Waals surface area contributed by atoms with Crippen LogP contribution in [0.25, 0.3) is 0 Å². The summed E-state index contributed by atoms with van der Waals surface area (Å²) in [4.78, 5) is 0.978. The maximum atomic E-state index is 12.7. The third-order valence-corrected chi connectivity index (χ3v) is 2.02. The first kappa shape index (κ1) is 13.7. The van der Waals surface area contributed by atoms with Crippen molar-refractivity contribution in [1.82, 2.24) is 0 Å². The summed E-state index contributed by atoms with van der Waals surface area (Å²) in [5.74, 6) is 0. The number of nitrogens with zero attached hydrogens (tertiary/aromatic N) is 1. The molecule has 0 aliphatic heterocycles. The van der Waals surface area contributed by atoms with Crippen molar-refractivity contribution in [2.24, 2.45) is 0 Å². The van der Waals surface area contributed by atoms with Crippen LogP contribution >= 0.6 is 0 Å². The van der Waals surface area contributed by atoms with Gasteiger partial charge in [-0.1, -0.05) is 6.07 Å². The van der Waals surface area contributed by atoms with Gasteiger partial charge in [-0.05, 0) is 12.1 Å². The van der Waals surface area contributed by atoms with Crippen LogP contribution in [0.5, 0.6) is 0 Å². The highest BCUT2D eigenvalue weighted by molar-refractivity contribution is 5.57. The summed E-state index contributed by atoms with van der Waals surface area (Å²) in [6, 6.07) is 3.38. The Balaban J connectivity index is 3.58. The highest BCUT2D eigenvalue weighted by Gasteiger charge is 2.45. The predicted octanol–water partition coefficient (Wildman–Crippen LogP) is 3.59. The Labute approximate surface area is 93.6 Å². The Bertz CT molecular complexity index is 404. The first-order valence-corrected chi connectivity index (χ1v) is 4.41. The van der Waals surface area contributed by atoms with Gasteiger partial charge < -0.3 is 4.90 Å². The molecule has 1 radical (unpaired) electrons. The fourth-order valence-corrected chi connectivity index (χ4v) is 1.37. The van der Waals surface area contributed by atoms with E-state index in [0.717, 1.165) is 17.0 Å². The van der Waals surface area contributed by atoms with Crippen molar-refractivity contribution < 1.29 is 26.3 Å². The van der Waals surface area contributed by atoms with Crippen LogP contribution in [0.1, 0.15) is 11.1 Å². The second-order valence-electron chi connectivity index (χ2n) is 3.50. The van der Waals surface area contributed by atoms with E-state index < -0.39 is 29.2 Å². The smallest absolute Gasteiger partial charge is 0.377 e. The van der Waals surface area contributed by atoms with Crippen LogP contribution in [0.2, 0.25) is 0 Å². The maximum Gasteiger partial charge on any atom is 0.419 e. The van der Waals surface area contributed by atoms with Gasteiger partial charge in [0.2, 0.25) is 0 Å². The van der Waals surface area contributed by atoms with Crippen molar-refractivity contribution in [3.63, 3.8) is 0 Å². The van der Waals surface area contributed by atoms with Crippen LogP contribution in [-0.4, -0.2) is 14.1 Å². The van der Waals surface area contributed by atoms with E-state index in [-0.39, 0.29) is 0 Å². The lowest BCUT2D eigenvalue weighted by Gasteiger charge is -2.22. The Kier molecular flexibility index (Phi) is 3.31. The summed E-state index contributed by atoms with van der Waals surface area (Å²) in [6.07, 6.45) is -10.2. The Hall–Kier alpha value is -1.40. The third kappa shape index (κ3) is 2.83. The van der Waals surface area contributed by atoms with Gasteiger partial charge in [0.1, 0.15) is 0 Å². The molecular weight excluding hydrogens is 248 g/mol. The lowest BCUT2D eigenvalue weighted by Crippen LogP contribution is -2.22. The summed E-state index contributed by atoms with van der Waals surface area (Å²) in [5, 5.41) is 0. The number of benzene rings is 1. The molecule has 1 nitrogen and oxygen atoms in total. The summed E-state index contributed by atoms with van der Waals surface area (Å²) in [7, 11) is 2.48. The van der Waals surface area contributed by atoms with Gasteiger partial charge in [-0.3, -0.25) is 0 Å². The van der Waals surface area contributed by atoms with Crippen LogP contribution < -0.4 is 4.90 Å². The number of rotatable bonds is 1. The zero-order valence-electron chi connectivity index (χ0n) is 8.87. The van der Waals surface area contributed by atoms with Crippen LogP contribution in [0, 0.1) is 6.07 Å². The number of hydrogen-bond donors (Lipinski definition) is 0. The fourth-order valence-electron chi connectivity index (χ4n) is 1.37. The van der Waals surface area contributed by atoms with E-state index in [1.54, 1.807) is 6.07 Å². The number of hydrogen-bond acceptors (Lipinski definition) is 1. The molecule has 1 aromatic rings. The van der Waals surface area contributed by atoms with Gasteiger partial charge in [-0.15, -0.1) is 0 Å². The molecule has 0 aromatic heterocycles. The molecule has 0 amide bonds. The van der Waals surface area contributed by atoms with E-state index in [1.165, 1.54) is 14.1 Å². The van der Waals surface area contributed by atoms with Gasteiger partial charge >= 0.3 is 12.4 Å². The fraction of sp³-hybridized carbons (Fsp3) is 0.400. The van der Waals surface area contributed by atoms with Crippen molar-refractivity contribution >= 4 is 5.69 Å². The monoisotopic (exact) mass is 256 g/mol. The van der Waals surface area contributed by atoms with E-state index >= 15 is 0 Å². The zero-order chi connectivity index (χ0) is 13.4. The molecule has 17 heavy (non-hydrogen) atoms. The quantitative estimate of drug-likeness (QED) is 0.694. The molecule has 0 unspecified atom stereocenters. The molecular formula is C10H8F6N. The summed E-state index contributed by atoms with van der Waals surface area (Å²) in [6.45, 7) is 0. The van der Waals surface area contributed by atoms with Crippen LogP contribution in [0.3, 0.4) is 0 Å². The van der Waals surface area contributed by atoms with E-state index in [9.17, 15) is 26.3 Å². The minimum atomic E-state index is -5.09. The summed E-state index contributed by atoms with van der Waals surface area (Å²) in [5.41, 5.74) is -4.04. The molecule has 0 fully saturated rings. The molecule has 0 N–H and O–H groups in total. The molecule has 0 bridgehead atoms. The van der Waals surface area contributed by atoms with Crippen LogP contribution in [0.4, 0.5) is 32.0 Å². The minimum absolute atomic E-state index is 0.538. The molecule has 7 heteroatoms. The lowest BCUT2D eigenvalue weighted by atomic mass is 10.0. The average molecular weight is 256 g/mol. The standard InChI is InChI=1S/C10H8F6N/c1-17(2)7-5-3-4-6(9(11,12)13)8(7)10(14,15)16/h3,5H,1-2H3. The van der Waals surface area contributed by atoms with Crippen molar-refractivity contribution in [2.75, 3.05) is 19.0 Å². The van der Waals surface area contributed by atoms with Gasteiger partial charge in [0.15, 0.2) is 0 Å². The summed E-state index contributed by atoms with van der Waals surface area (Å²) >= 11 is 0. The Morgan fingerprint density at radius 3 is 1.88 bits per heavy atom. The molecule has 95 valence electrons. The molecule has 0 atom stereocenters. The lowest BCUT2D eigenvalue weighted by molar-refractivity contribution is -0.161. The predicted molar refractivity (Wildman–Crippen MR) is 49.6 cm³/mol. The Morgan fingerprint density at radius 2 is 1.53 bits per heavy atom. The Morgan fingerprint density at radius 1 is 1.00 bits per heavy atom. The largest absolute Gasteiger partial charge is 0.419 e. The number of alkyl halides is 6. The molecule has 0 aliphatic carbocycles. The molecule has 0 aliphatic rings. The molecule has 1 aromatic carbocycles. The van der Waals surface area contributed by atoms with E-state index in [1.807, 2.05) is 0 Å². The topological polar surface area (TPSA) is 3.24 Å². The van der Waals surface area contributed by atoms with Gasteiger partial charge in [0.05, 0.1) is 11.1 Å². The molecule has 0 spiro atoms. The minimum Gasteiger partial charge on any atom is -0.377 e. The molecule has 0 heterocycles. The number of halogens is 6. The van der Waals surface area contributed by atoms with Crippen molar-refractivity contribution in [1.29, 1.82) is 0 Å². The van der Waals surface area contributed by atoms with E-state index in [0.29, 0.717) is 0 Å². The van der Waals surface area contributed by atoms with Gasteiger partial charge in [-0.2, -0.15) is 26.3 Å². The van der Waals surface area contributed by atoms with Crippen molar-refractivity contribution in [2.45, 2.75) is 12.4 Å². The van der Waals surface area contributed by atoms with Gasteiger partial charge in [0, 0.05) is 19.8 Å². The normalized spacial score (nSPS) is 12.7. The van der Waals surface area contributed by atoms with Gasteiger partial charge in [-0.25, -0.2) is 0 Å². The highest BCUT2D eigenvalue weighted by atomic mass is 19.4. The highest BCUT2D eigenvalue weighted by Crippen LogP contribution is 2.44. The van der Waals surface area contributed by atoms with Crippen LogP contribution in [-0.2, 0) is 12.4 Å². The maximum absolute atomic E-state index is 12.7. The second-order valence-corrected chi connectivity index (χ2v) is 3.50. The molecule has 0 saturated heterocycles. The average Bonchev–Trinajstić information content (AvgIpc) is 2.13. The number of anilines is 1. The summed E-state index contributed by atoms with van der Waals surface area (Å²) < 4.78 is 75.4. The molecule has 0 saturated carbocycles. The first-order valence-electron chi connectivity index (χ1n) is 4.41. The molecule has 1 rings (SSSR count). The van der Waals surface area contributed by atoms with Crippen molar-refractivity contribution in [3.8, 4) is 0 Å². The third-order valence-electron chi connectivity index (χ3n) is 2.02.